The van der Waals surface area contributed by atoms with E-state index in [1.165, 1.54) is 19.1 Å². The molecule has 14 heavy (non-hydrogen) atoms. The highest BCUT2D eigenvalue weighted by Crippen LogP contribution is 2.28. The Morgan fingerprint density at radius 1 is 1.43 bits per heavy atom. The Morgan fingerprint density at radius 3 is 2.57 bits per heavy atom. The minimum Gasteiger partial charge on any atom is -0.508 e. The van der Waals surface area contributed by atoms with Gasteiger partial charge in [-0.05, 0) is 25.0 Å². The molecule has 3 heteroatoms. The van der Waals surface area contributed by atoms with Gasteiger partial charge in [0.15, 0.2) is 5.78 Å². The van der Waals surface area contributed by atoms with E-state index in [1.807, 2.05) is 0 Å². The molecule has 1 rings (SSSR count). The molecule has 1 aromatic rings. The summed E-state index contributed by atoms with van der Waals surface area (Å²) in [5.74, 6) is -0.442. The molecular formula is C11H12O3. The third-order valence-electron chi connectivity index (χ3n) is 1.94. The molecule has 74 valence electrons. The number of allylic oxidation sites excluding steroid dienone is 1. The van der Waals surface area contributed by atoms with E-state index in [9.17, 15) is 15.0 Å². The maximum atomic E-state index is 11.1. The van der Waals surface area contributed by atoms with Crippen LogP contribution < -0.4 is 0 Å². The van der Waals surface area contributed by atoms with Gasteiger partial charge in [0.2, 0.25) is 0 Å². The van der Waals surface area contributed by atoms with Gasteiger partial charge in [0.05, 0.1) is 5.56 Å². The summed E-state index contributed by atoms with van der Waals surface area (Å²) < 4.78 is 0. The van der Waals surface area contributed by atoms with Crippen LogP contribution in [0.4, 0.5) is 0 Å². The smallest absolute Gasteiger partial charge is 0.163 e. The Kier molecular flexibility index (Phi) is 2.92. The molecule has 0 heterocycles. The monoisotopic (exact) mass is 192 g/mol. The molecule has 2 N–H and O–H groups in total. The first-order chi connectivity index (χ1) is 6.56. The van der Waals surface area contributed by atoms with Crippen LogP contribution in [0.25, 0.3) is 0 Å². The van der Waals surface area contributed by atoms with E-state index in [2.05, 4.69) is 6.58 Å². The second kappa shape index (κ2) is 3.96. The van der Waals surface area contributed by atoms with E-state index < -0.39 is 0 Å². The summed E-state index contributed by atoms with van der Waals surface area (Å²) in [4.78, 5) is 11.1. The van der Waals surface area contributed by atoms with Crippen molar-refractivity contribution in [3.8, 4) is 11.5 Å². The number of hydrogen-bond donors (Lipinski definition) is 2. The number of Topliss-reactive ketones (excluding diaryl/α,β-unsaturated/α-hetero) is 1. The molecular weight excluding hydrogens is 180 g/mol. The summed E-state index contributed by atoms with van der Waals surface area (Å²) in [6, 6.07) is 2.66. The van der Waals surface area contributed by atoms with Crippen molar-refractivity contribution >= 4 is 5.78 Å². The molecule has 0 bridgehead atoms. The van der Waals surface area contributed by atoms with Crippen LogP contribution in [0.2, 0.25) is 0 Å². The molecule has 0 aliphatic carbocycles. The summed E-state index contributed by atoms with van der Waals surface area (Å²) in [5, 5.41) is 18.8. The van der Waals surface area contributed by atoms with Crippen LogP contribution in [0.3, 0.4) is 0 Å². The van der Waals surface area contributed by atoms with Crippen molar-refractivity contribution in [3.63, 3.8) is 0 Å². The topological polar surface area (TPSA) is 57.5 Å². The van der Waals surface area contributed by atoms with Gasteiger partial charge in [-0.2, -0.15) is 0 Å². The highest BCUT2D eigenvalue weighted by molar-refractivity contribution is 5.97. The van der Waals surface area contributed by atoms with Crippen LogP contribution >= 0.6 is 0 Å². The largest absolute Gasteiger partial charge is 0.508 e. The van der Waals surface area contributed by atoms with Crippen LogP contribution in [-0.4, -0.2) is 16.0 Å². The van der Waals surface area contributed by atoms with Crippen molar-refractivity contribution in [2.75, 3.05) is 0 Å². The quantitative estimate of drug-likeness (QED) is 0.569. The van der Waals surface area contributed by atoms with Crippen LogP contribution in [0.5, 0.6) is 11.5 Å². The predicted molar refractivity (Wildman–Crippen MR) is 53.7 cm³/mol. The number of phenols is 2. The Balaban J connectivity index is 3.26. The Hall–Kier alpha value is -1.77. The average molecular weight is 192 g/mol. The van der Waals surface area contributed by atoms with Crippen molar-refractivity contribution in [1.82, 2.24) is 0 Å². The van der Waals surface area contributed by atoms with E-state index in [4.69, 9.17) is 0 Å². The molecule has 3 nitrogen and oxygen atoms in total. The highest BCUT2D eigenvalue weighted by Gasteiger charge is 2.10. The van der Waals surface area contributed by atoms with Crippen LogP contribution in [0, 0.1) is 0 Å². The lowest BCUT2D eigenvalue weighted by molar-refractivity contribution is 0.101. The number of aromatic hydroxyl groups is 2. The fourth-order valence-electron chi connectivity index (χ4n) is 1.22. The molecule has 0 radical (unpaired) electrons. The van der Waals surface area contributed by atoms with E-state index in [0.717, 1.165) is 0 Å². The number of ketones is 1. The first kappa shape index (κ1) is 10.3. The summed E-state index contributed by atoms with van der Waals surface area (Å²) in [7, 11) is 0. The van der Waals surface area contributed by atoms with Gasteiger partial charge in [-0.25, -0.2) is 0 Å². The van der Waals surface area contributed by atoms with Gasteiger partial charge < -0.3 is 10.2 Å². The highest BCUT2D eigenvalue weighted by atomic mass is 16.3. The van der Waals surface area contributed by atoms with Crippen molar-refractivity contribution in [3.05, 3.63) is 35.9 Å². The molecule has 0 saturated carbocycles. The molecule has 0 unspecified atom stereocenters. The minimum atomic E-state index is -0.229. The van der Waals surface area contributed by atoms with Gasteiger partial charge in [0.1, 0.15) is 11.5 Å². The van der Waals surface area contributed by atoms with E-state index in [0.29, 0.717) is 12.0 Å². The summed E-state index contributed by atoms with van der Waals surface area (Å²) in [5.41, 5.74) is 0.808. The van der Waals surface area contributed by atoms with Crippen molar-refractivity contribution < 1.29 is 15.0 Å². The maximum Gasteiger partial charge on any atom is 0.163 e. The molecule has 0 aliphatic rings. The lowest BCUT2D eigenvalue weighted by Gasteiger charge is -2.06. The number of rotatable bonds is 3. The lowest BCUT2D eigenvalue weighted by atomic mass is 10.0. The maximum absolute atomic E-state index is 11.1. The molecule has 0 aliphatic heterocycles. The zero-order chi connectivity index (χ0) is 10.7. The van der Waals surface area contributed by atoms with Crippen LogP contribution in [0.1, 0.15) is 22.8 Å². The van der Waals surface area contributed by atoms with Gasteiger partial charge >= 0.3 is 0 Å². The second-order valence-corrected chi connectivity index (χ2v) is 3.05. The Morgan fingerprint density at radius 2 is 2.07 bits per heavy atom. The molecule has 0 fully saturated rings. The SMILES string of the molecule is C=CCc1cc(C(C)=O)c(O)cc1O. The minimum absolute atomic E-state index is 0.0209. The molecule has 0 saturated heterocycles. The van der Waals surface area contributed by atoms with Gasteiger partial charge in [-0.1, -0.05) is 6.08 Å². The Bertz CT molecular complexity index is 380. The molecule has 0 amide bonds. The first-order valence-electron chi connectivity index (χ1n) is 4.23. The summed E-state index contributed by atoms with van der Waals surface area (Å²) in [6.07, 6.45) is 2.09. The number of hydrogen-bond acceptors (Lipinski definition) is 3. The number of benzene rings is 1. The van der Waals surface area contributed by atoms with Crippen molar-refractivity contribution in [2.24, 2.45) is 0 Å². The number of carbonyl (C=O) groups excluding carboxylic acids is 1. The lowest BCUT2D eigenvalue weighted by Crippen LogP contribution is -1.95. The van der Waals surface area contributed by atoms with Gasteiger partial charge in [0.25, 0.3) is 0 Å². The third-order valence-corrected chi connectivity index (χ3v) is 1.94. The molecule has 0 aromatic heterocycles. The fraction of sp³-hybridized carbons (Fsp3) is 0.182. The normalized spacial score (nSPS) is 9.79. The predicted octanol–water partition coefficient (Wildman–Crippen LogP) is 2.03. The van der Waals surface area contributed by atoms with Gasteiger partial charge in [0, 0.05) is 6.07 Å². The fourth-order valence-corrected chi connectivity index (χ4v) is 1.22. The van der Waals surface area contributed by atoms with E-state index in [-0.39, 0.29) is 22.8 Å². The van der Waals surface area contributed by atoms with Gasteiger partial charge in [-0.15, -0.1) is 6.58 Å². The summed E-state index contributed by atoms with van der Waals surface area (Å²) >= 11 is 0. The third kappa shape index (κ3) is 1.93. The standard InChI is InChI=1S/C11H12O3/c1-3-4-8-5-9(7(2)12)11(14)6-10(8)13/h3,5-6,13-14H,1,4H2,2H3. The van der Waals surface area contributed by atoms with Crippen LogP contribution in [0.15, 0.2) is 24.8 Å². The molecule has 1 aromatic carbocycles. The number of phenolic OH excluding ortho intramolecular Hbond substituents is 2. The van der Waals surface area contributed by atoms with E-state index in [1.54, 1.807) is 6.08 Å². The van der Waals surface area contributed by atoms with E-state index >= 15 is 0 Å². The van der Waals surface area contributed by atoms with Crippen molar-refractivity contribution in [1.29, 1.82) is 0 Å². The first-order valence-corrected chi connectivity index (χ1v) is 4.23. The zero-order valence-electron chi connectivity index (χ0n) is 7.95. The molecule has 0 atom stereocenters. The zero-order valence-corrected chi connectivity index (χ0v) is 7.95. The second-order valence-electron chi connectivity index (χ2n) is 3.05. The van der Waals surface area contributed by atoms with Crippen LogP contribution in [-0.2, 0) is 6.42 Å². The number of carbonyl (C=O) groups is 1. The Labute approximate surface area is 82.3 Å². The molecule has 0 spiro atoms. The van der Waals surface area contributed by atoms with Crippen molar-refractivity contribution in [2.45, 2.75) is 13.3 Å². The van der Waals surface area contributed by atoms with Gasteiger partial charge in [-0.3, -0.25) is 4.79 Å². The average Bonchev–Trinajstić information content (AvgIpc) is 2.09. The summed E-state index contributed by atoms with van der Waals surface area (Å²) in [6.45, 7) is 4.90.